The average molecular weight is 297 g/mol. The normalized spacial score (nSPS) is 14.7. The molecule has 7 nitrogen and oxygen atoms in total. The lowest BCUT2D eigenvalue weighted by molar-refractivity contribution is -0.143. The van der Waals surface area contributed by atoms with Gasteiger partial charge in [-0.2, -0.15) is 5.26 Å². The molecule has 0 bridgehead atoms. The molecule has 0 rings (SSSR count). The SMILES string of the molecule is CC(=O)N[C@@H](CC(C)C)C(=O)N[C@H](C(=O)O)[C@@H](C)CC#N. The summed E-state index contributed by atoms with van der Waals surface area (Å²) in [6, 6.07) is -0.0459. The Labute approximate surface area is 124 Å². The average Bonchev–Trinajstić information content (AvgIpc) is 2.33. The van der Waals surface area contributed by atoms with Gasteiger partial charge >= 0.3 is 5.97 Å². The topological polar surface area (TPSA) is 119 Å². The molecule has 0 aliphatic heterocycles. The van der Waals surface area contributed by atoms with Gasteiger partial charge < -0.3 is 15.7 Å². The standard InChI is InChI=1S/C14H23N3O4/c1-8(2)7-11(16-10(4)18)13(19)17-12(14(20)21)9(3)5-6-15/h8-9,11-12H,5,7H2,1-4H3,(H,16,18)(H,17,19)(H,20,21)/t9-,11-,12-/m0/s1. The maximum Gasteiger partial charge on any atom is 0.326 e. The van der Waals surface area contributed by atoms with E-state index >= 15 is 0 Å². The van der Waals surface area contributed by atoms with E-state index in [1.165, 1.54) is 6.92 Å². The second-order valence-electron chi connectivity index (χ2n) is 5.55. The highest BCUT2D eigenvalue weighted by Crippen LogP contribution is 2.10. The Hall–Kier alpha value is -2.10. The van der Waals surface area contributed by atoms with Gasteiger partial charge in [0.1, 0.15) is 12.1 Å². The first-order valence-corrected chi connectivity index (χ1v) is 6.86. The number of rotatable bonds is 8. The lowest BCUT2D eigenvalue weighted by Crippen LogP contribution is -2.53. The van der Waals surface area contributed by atoms with Crippen molar-refractivity contribution in [3.8, 4) is 6.07 Å². The maximum atomic E-state index is 12.2. The zero-order valence-electron chi connectivity index (χ0n) is 12.8. The van der Waals surface area contributed by atoms with Crippen molar-refractivity contribution >= 4 is 17.8 Å². The molecule has 0 unspecified atom stereocenters. The highest BCUT2D eigenvalue weighted by atomic mass is 16.4. The van der Waals surface area contributed by atoms with E-state index in [1.54, 1.807) is 6.92 Å². The zero-order valence-corrected chi connectivity index (χ0v) is 12.8. The Balaban J connectivity index is 4.94. The van der Waals surface area contributed by atoms with E-state index in [2.05, 4.69) is 10.6 Å². The Bertz CT molecular complexity index is 428. The second kappa shape index (κ2) is 8.95. The van der Waals surface area contributed by atoms with Crippen molar-refractivity contribution in [2.24, 2.45) is 11.8 Å². The number of carbonyl (C=O) groups is 3. The number of nitrogens with zero attached hydrogens (tertiary/aromatic N) is 1. The molecule has 0 radical (unpaired) electrons. The molecule has 2 amide bonds. The first-order valence-electron chi connectivity index (χ1n) is 6.86. The number of carboxylic acids is 1. The Kier molecular flexibility index (Phi) is 8.06. The maximum absolute atomic E-state index is 12.2. The van der Waals surface area contributed by atoms with E-state index in [-0.39, 0.29) is 18.2 Å². The van der Waals surface area contributed by atoms with Crippen LogP contribution in [0.25, 0.3) is 0 Å². The summed E-state index contributed by atoms with van der Waals surface area (Å²) in [5.41, 5.74) is 0. The van der Waals surface area contributed by atoms with Gasteiger partial charge in [0.25, 0.3) is 0 Å². The van der Waals surface area contributed by atoms with Crippen LogP contribution in [0, 0.1) is 23.2 Å². The quantitative estimate of drug-likeness (QED) is 0.608. The van der Waals surface area contributed by atoms with Crippen LogP contribution in [0.3, 0.4) is 0 Å². The van der Waals surface area contributed by atoms with Crippen LogP contribution in [0.15, 0.2) is 0 Å². The van der Waals surface area contributed by atoms with Crippen LogP contribution in [-0.2, 0) is 14.4 Å². The van der Waals surface area contributed by atoms with Crippen molar-refractivity contribution in [1.82, 2.24) is 10.6 Å². The summed E-state index contributed by atoms with van der Waals surface area (Å²) in [6.45, 7) is 6.68. The third kappa shape index (κ3) is 7.30. The van der Waals surface area contributed by atoms with Crippen molar-refractivity contribution in [2.45, 2.75) is 52.6 Å². The summed E-state index contributed by atoms with van der Waals surface area (Å²) in [6.07, 6.45) is 0.427. The number of carboxylic acid groups (broad SMARTS) is 1. The number of hydrogen-bond acceptors (Lipinski definition) is 4. The van der Waals surface area contributed by atoms with E-state index in [0.29, 0.717) is 6.42 Å². The molecule has 21 heavy (non-hydrogen) atoms. The molecule has 7 heteroatoms. The number of nitrogens with one attached hydrogen (secondary N) is 2. The Morgan fingerprint density at radius 1 is 1.19 bits per heavy atom. The molecule has 3 N–H and O–H groups in total. The van der Waals surface area contributed by atoms with Crippen LogP contribution in [0.5, 0.6) is 0 Å². The van der Waals surface area contributed by atoms with Crippen LogP contribution >= 0.6 is 0 Å². The molecule has 0 aromatic heterocycles. The van der Waals surface area contributed by atoms with Gasteiger partial charge in [0.15, 0.2) is 0 Å². The van der Waals surface area contributed by atoms with Gasteiger partial charge in [-0.1, -0.05) is 20.8 Å². The van der Waals surface area contributed by atoms with Crippen molar-refractivity contribution in [3.05, 3.63) is 0 Å². The third-order valence-electron chi connectivity index (χ3n) is 2.95. The fourth-order valence-electron chi connectivity index (χ4n) is 1.91. The number of hydrogen-bond donors (Lipinski definition) is 3. The highest BCUT2D eigenvalue weighted by Gasteiger charge is 2.30. The van der Waals surface area contributed by atoms with Crippen molar-refractivity contribution < 1.29 is 19.5 Å². The minimum atomic E-state index is -1.20. The minimum absolute atomic E-state index is 0.0201. The third-order valence-corrected chi connectivity index (χ3v) is 2.95. The van der Waals surface area contributed by atoms with Gasteiger partial charge in [0.2, 0.25) is 11.8 Å². The summed E-state index contributed by atoms with van der Waals surface area (Å²) >= 11 is 0. The Morgan fingerprint density at radius 2 is 1.76 bits per heavy atom. The minimum Gasteiger partial charge on any atom is -0.480 e. The van der Waals surface area contributed by atoms with Gasteiger partial charge in [-0.3, -0.25) is 9.59 Å². The van der Waals surface area contributed by atoms with E-state index < -0.39 is 29.9 Å². The molecule has 0 saturated carbocycles. The first kappa shape index (κ1) is 18.9. The molecule has 3 atom stereocenters. The molecule has 0 heterocycles. The van der Waals surface area contributed by atoms with Gasteiger partial charge in [-0.25, -0.2) is 4.79 Å². The molecule has 0 spiro atoms. The fourth-order valence-corrected chi connectivity index (χ4v) is 1.91. The summed E-state index contributed by atoms with van der Waals surface area (Å²) in [5.74, 6) is -2.46. The van der Waals surface area contributed by atoms with Gasteiger partial charge in [-0.15, -0.1) is 0 Å². The second-order valence-corrected chi connectivity index (χ2v) is 5.55. The van der Waals surface area contributed by atoms with Crippen LogP contribution in [0.4, 0.5) is 0 Å². The number of nitriles is 1. The van der Waals surface area contributed by atoms with Crippen LogP contribution in [-0.4, -0.2) is 35.0 Å². The molecule has 0 saturated heterocycles. The smallest absolute Gasteiger partial charge is 0.326 e. The van der Waals surface area contributed by atoms with Gasteiger partial charge in [0.05, 0.1) is 6.07 Å². The molecular formula is C14H23N3O4. The first-order chi connectivity index (χ1) is 9.68. The summed E-state index contributed by atoms with van der Waals surface area (Å²) in [5, 5.41) is 22.7. The molecule has 0 aliphatic rings. The number of amides is 2. The lowest BCUT2D eigenvalue weighted by atomic mass is 9.97. The summed E-state index contributed by atoms with van der Waals surface area (Å²) in [4.78, 5) is 34.5. The molecular weight excluding hydrogens is 274 g/mol. The molecule has 0 fully saturated rings. The summed E-state index contributed by atoms with van der Waals surface area (Å²) in [7, 11) is 0. The van der Waals surface area contributed by atoms with Gasteiger partial charge in [0, 0.05) is 19.3 Å². The van der Waals surface area contributed by atoms with Gasteiger partial charge in [-0.05, 0) is 12.3 Å². The van der Waals surface area contributed by atoms with Crippen molar-refractivity contribution in [3.63, 3.8) is 0 Å². The van der Waals surface area contributed by atoms with E-state index in [0.717, 1.165) is 0 Å². The Morgan fingerprint density at radius 3 is 2.14 bits per heavy atom. The summed E-state index contributed by atoms with van der Waals surface area (Å²) < 4.78 is 0. The van der Waals surface area contributed by atoms with Crippen LogP contribution in [0.1, 0.15) is 40.5 Å². The van der Waals surface area contributed by atoms with Crippen molar-refractivity contribution in [2.75, 3.05) is 0 Å². The molecule has 0 aliphatic carbocycles. The van der Waals surface area contributed by atoms with Crippen LogP contribution in [0.2, 0.25) is 0 Å². The number of carbonyl (C=O) groups excluding carboxylic acids is 2. The van der Waals surface area contributed by atoms with E-state index in [1.807, 2.05) is 19.9 Å². The monoisotopic (exact) mass is 297 g/mol. The van der Waals surface area contributed by atoms with E-state index in [4.69, 9.17) is 10.4 Å². The predicted molar refractivity (Wildman–Crippen MR) is 76.0 cm³/mol. The lowest BCUT2D eigenvalue weighted by Gasteiger charge is -2.24. The zero-order chi connectivity index (χ0) is 16.6. The molecule has 0 aromatic carbocycles. The molecule has 118 valence electrons. The predicted octanol–water partition coefficient (Wildman–Crippen LogP) is 0.656. The van der Waals surface area contributed by atoms with Crippen LogP contribution < -0.4 is 10.6 Å². The van der Waals surface area contributed by atoms with Crippen molar-refractivity contribution in [1.29, 1.82) is 5.26 Å². The number of aliphatic carboxylic acids is 1. The van der Waals surface area contributed by atoms with E-state index in [9.17, 15) is 14.4 Å². The largest absolute Gasteiger partial charge is 0.480 e. The fraction of sp³-hybridized carbons (Fsp3) is 0.714. The highest BCUT2D eigenvalue weighted by molar-refractivity contribution is 5.90. The molecule has 0 aromatic rings.